The van der Waals surface area contributed by atoms with E-state index < -0.39 is 11.9 Å². The quantitative estimate of drug-likeness (QED) is 0.757. The number of aliphatic hydroxyl groups excluding tert-OH is 1. The van der Waals surface area contributed by atoms with Gasteiger partial charge in [0, 0.05) is 25.3 Å². The van der Waals surface area contributed by atoms with Crippen molar-refractivity contribution in [3.05, 3.63) is 17.2 Å². The molecule has 0 bridgehead atoms. The van der Waals surface area contributed by atoms with Crippen LogP contribution in [0.15, 0.2) is 6.20 Å². The summed E-state index contributed by atoms with van der Waals surface area (Å²) in [6.45, 7) is 2.93. The van der Waals surface area contributed by atoms with E-state index >= 15 is 0 Å². The van der Waals surface area contributed by atoms with Crippen LogP contribution in [-0.4, -0.2) is 83.6 Å². The summed E-state index contributed by atoms with van der Waals surface area (Å²) in [6.07, 6.45) is 2.93. The molecule has 8 nitrogen and oxygen atoms in total. The lowest BCUT2D eigenvalue weighted by molar-refractivity contribution is 0.0597. The summed E-state index contributed by atoms with van der Waals surface area (Å²) in [5.74, 6) is -0.260. The number of likely N-dealkylation sites (N-methyl/N-ethyl adjacent to an activating group) is 1. The van der Waals surface area contributed by atoms with Crippen LogP contribution in [0.4, 0.5) is 10.2 Å². The van der Waals surface area contributed by atoms with Gasteiger partial charge < -0.3 is 24.4 Å². The first-order valence-corrected chi connectivity index (χ1v) is 9.76. The average Bonchev–Trinajstić information content (AvgIpc) is 2.97. The van der Waals surface area contributed by atoms with E-state index in [-0.39, 0.29) is 29.3 Å². The summed E-state index contributed by atoms with van der Waals surface area (Å²) in [5, 5.41) is 10.2. The van der Waals surface area contributed by atoms with Crippen LogP contribution in [-0.2, 0) is 4.74 Å². The smallest absolute Gasteiger partial charge is 0.319 e. The number of fused-ring (bicyclic) bond motifs is 1. The van der Waals surface area contributed by atoms with Crippen molar-refractivity contribution in [2.24, 2.45) is 0 Å². The molecule has 0 aromatic carbocycles. The van der Waals surface area contributed by atoms with Crippen molar-refractivity contribution >= 4 is 28.3 Å². The van der Waals surface area contributed by atoms with Gasteiger partial charge in [-0.25, -0.2) is 9.37 Å². The van der Waals surface area contributed by atoms with Crippen molar-refractivity contribution in [2.75, 3.05) is 51.4 Å². The molecule has 0 saturated carbocycles. The van der Waals surface area contributed by atoms with Gasteiger partial charge in [-0.15, -0.1) is 0 Å². The number of nitrogens with zero attached hydrogens (tertiary/aromatic N) is 5. The van der Waals surface area contributed by atoms with E-state index in [2.05, 4.69) is 26.9 Å². The van der Waals surface area contributed by atoms with Crippen LogP contribution < -0.4 is 9.64 Å². The second-order valence-corrected chi connectivity index (χ2v) is 7.58. The number of anilines is 1. The summed E-state index contributed by atoms with van der Waals surface area (Å²) < 4.78 is 25.9. The minimum absolute atomic E-state index is 0.0550. The molecular formula is C18H23ClFN5O3. The zero-order valence-corrected chi connectivity index (χ0v) is 16.4. The number of halogens is 2. The summed E-state index contributed by atoms with van der Waals surface area (Å²) in [6, 6.07) is 0.366. The topological polar surface area (TPSA) is 83.8 Å². The Labute approximate surface area is 167 Å². The first-order valence-electron chi connectivity index (χ1n) is 9.38. The summed E-state index contributed by atoms with van der Waals surface area (Å²) in [5.41, 5.74) is 0.0550. The standard InChI is InChI=1S/C18H23ClFN5O3/c1-24-4-2-3-11(24)9-28-18-22-15-13(7-21-16(19)14(15)20)17(23-18)25-5-6-27-10-12(26)8-25/h7,11-12,26H,2-6,8-10H2,1H3/t11-,12-/m0/s1. The van der Waals surface area contributed by atoms with Gasteiger partial charge in [0.15, 0.2) is 11.0 Å². The molecule has 0 aliphatic carbocycles. The summed E-state index contributed by atoms with van der Waals surface area (Å²) in [7, 11) is 2.05. The van der Waals surface area contributed by atoms with Crippen LogP contribution in [0.5, 0.6) is 6.01 Å². The largest absolute Gasteiger partial charge is 0.462 e. The van der Waals surface area contributed by atoms with E-state index in [9.17, 15) is 9.50 Å². The van der Waals surface area contributed by atoms with Crippen LogP contribution in [0.1, 0.15) is 12.8 Å². The lowest BCUT2D eigenvalue weighted by Gasteiger charge is -2.24. The number of β-amino-alcohol motifs (C(OH)–C–C–N with tert-alkyl or cyclic N) is 1. The van der Waals surface area contributed by atoms with E-state index in [0.717, 1.165) is 19.4 Å². The number of ether oxygens (including phenoxy) is 2. The Balaban J connectivity index is 1.70. The zero-order valence-electron chi connectivity index (χ0n) is 15.6. The number of rotatable bonds is 4. The molecule has 4 rings (SSSR count). The molecule has 2 aromatic heterocycles. The first-order chi connectivity index (χ1) is 13.5. The number of likely N-dealkylation sites (tertiary alicyclic amines) is 1. The van der Waals surface area contributed by atoms with Crippen molar-refractivity contribution in [1.82, 2.24) is 19.9 Å². The fraction of sp³-hybridized carbons (Fsp3) is 0.611. The van der Waals surface area contributed by atoms with Gasteiger partial charge in [-0.05, 0) is 26.4 Å². The normalized spacial score (nSPS) is 23.9. The van der Waals surface area contributed by atoms with E-state index in [1.54, 1.807) is 0 Å². The molecule has 0 radical (unpaired) electrons. The fourth-order valence-electron chi connectivity index (χ4n) is 3.65. The SMILES string of the molecule is CN1CCC[C@H]1COc1nc(N2CCOC[C@@H](O)C2)c2cnc(Cl)c(F)c2n1. The molecule has 28 heavy (non-hydrogen) atoms. The fourth-order valence-corrected chi connectivity index (χ4v) is 3.79. The van der Waals surface area contributed by atoms with Gasteiger partial charge in [0.1, 0.15) is 17.9 Å². The van der Waals surface area contributed by atoms with Crippen LogP contribution in [0.2, 0.25) is 5.15 Å². The van der Waals surface area contributed by atoms with Gasteiger partial charge in [-0.2, -0.15) is 9.97 Å². The minimum Gasteiger partial charge on any atom is -0.462 e. The molecule has 152 valence electrons. The molecule has 2 aromatic rings. The maximum Gasteiger partial charge on any atom is 0.319 e. The van der Waals surface area contributed by atoms with E-state index in [0.29, 0.717) is 37.5 Å². The average molecular weight is 412 g/mol. The molecule has 2 saturated heterocycles. The van der Waals surface area contributed by atoms with Crippen molar-refractivity contribution in [2.45, 2.75) is 25.0 Å². The predicted molar refractivity (Wildman–Crippen MR) is 102 cm³/mol. The van der Waals surface area contributed by atoms with Crippen LogP contribution in [0.25, 0.3) is 10.9 Å². The molecule has 0 unspecified atom stereocenters. The Morgan fingerprint density at radius 1 is 1.39 bits per heavy atom. The Hall–Kier alpha value is -1.81. The third kappa shape index (κ3) is 3.98. The monoisotopic (exact) mass is 411 g/mol. The van der Waals surface area contributed by atoms with Gasteiger partial charge in [-0.3, -0.25) is 0 Å². The first kappa shape index (κ1) is 19.5. The zero-order chi connectivity index (χ0) is 19.7. The Morgan fingerprint density at radius 3 is 3.04 bits per heavy atom. The van der Waals surface area contributed by atoms with Crippen LogP contribution in [0.3, 0.4) is 0 Å². The predicted octanol–water partition coefficient (Wildman–Crippen LogP) is 1.49. The summed E-state index contributed by atoms with van der Waals surface area (Å²) >= 11 is 5.86. The Kier molecular flexibility index (Phi) is 5.77. The molecule has 0 spiro atoms. The molecular weight excluding hydrogens is 389 g/mol. The van der Waals surface area contributed by atoms with Crippen molar-refractivity contribution in [3.63, 3.8) is 0 Å². The number of hydrogen-bond acceptors (Lipinski definition) is 8. The van der Waals surface area contributed by atoms with Crippen molar-refractivity contribution in [3.8, 4) is 6.01 Å². The molecule has 2 atom stereocenters. The maximum absolute atomic E-state index is 14.6. The molecule has 10 heteroatoms. The summed E-state index contributed by atoms with van der Waals surface area (Å²) in [4.78, 5) is 16.7. The lowest BCUT2D eigenvalue weighted by Crippen LogP contribution is -2.34. The van der Waals surface area contributed by atoms with Gasteiger partial charge in [0.25, 0.3) is 0 Å². The molecule has 1 N–H and O–H groups in total. The van der Waals surface area contributed by atoms with Gasteiger partial charge in [0.2, 0.25) is 0 Å². The number of pyridine rings is 1. The third-order valence-corrected chi connectivity index (χ3v) is 5.49. The van der Waals surface area contributed by atoms with Crippen molar-refractivity contribution in [1.29, 1.82) is 0 Å². The molecule has 2 aliphatic heterocycles. The van der Waals surface area contributed by atoms with Gasteiger partial charge >= 0.3 is 6.01 Å². The van der Waals surface area contributed by atoms with Crippen LogP contribution in [0, 0.1) is 5.82 Å². The molecule has 2 aliphatic rings. The molecule has 0 amide bonds. The number of aliphatic hydroxyl groups is 1. The highest BCUT2D eigenvalue weighted by Crippen LogP contribution is 2.30. The molecule has 2 fully saturated rings. The Bertz CT molecular complexity index is 858. The number of aromatic nitrogens is 3. The van der Waals surface area contributed by atoms with Crippen molar-refractivity contribution < 1.29 is 19.0 Å². The highest BCUT2D eigenvalue weighted by atomic mass is 35.5. The van der Waals surface area contributed by atoms with E-state index in [1.807, 2.05) is 4.90 Å². The highest BCUT2D eigenvalue weighted by molar-refractivity contribution is 6.30. The second-order valence-electron chi connectivity index (χ2n) is 7.22. The number of hydrogen-bond donors (Lipinski definition) is 1. The van der Waals surface area contributed by atoms with Gasteiger partial charge in [-0.1, -0.05) is 11.6 Å². The lowest BCUT2D eigenvalue weighted by atomic mass is 10.2. The van der Waals surface area contributed by atoms with E-state index in [1.165, 1.54) is 6.20 Å². The molecule has 4 heterocycles. The highest BCUT2D eigenvalue weighted by Gasteiger charge is 2.25. The second kappa shape index (κ2) is 8.28. The van der Waals surface area contributed by atoms with Gasteiger partial charge in [0.05, 0.1) is 24.7 Å². The van der Waals surface area contributed by atoms with Crippen LogP contribution >= 0.6 is 11.6 Å². The third-order valence-electron chi connectivity index (χ3n) is 5.22. The Morgan fingerprint density at radius 2 is 2.25 bits per heavy atom. The van der Waals surface area contributed by atoms with E-state index in [4.69, 9.17) is 21.1 Å². The maximum atomic E-state index is 14.6. The minimum atomic E-state index is -0.711.